The highest BCUT2D eigenvalue weighted by molar-refractivity contribution is 9.11. The van der Waals surface area contributed by atoms with Crippen molar-refractivity contribution in [3.8, 4) is 0 Å². The van der Waals surface area contributed by atoms with Crippen LogP contribution >= 0.6 is 15.9 Å². The Kier molecular flexibility index (Phi) is 3.06. The van der Waals surface area contributed by atoms with Gasteiger partial charge < -0.3 is 0 Å². The highest BCUT2D eigenvalue weighted by Gasteiger charge is 2.30. The van der Waals surface area contributed by atoms with Gasteiger partial charge in [-0.2, -0.15) is 0 Å². The second kappa shape index (κ2) is 4.11. The monoisotopic (exact) mass is 244 g/mol. The molecular weight excluding hydrogens is 228 g/mol. The second-order valence-electron chi connectivity index (χ2n) is 4.08. The van der Waals surface area contributed by atoms with E-state index in [0.717, 1.165) is 17.1 Å². The van der Waals surface area contributed by atoms with E-state index in [9.17, 15) is 0 Å². The lowest BCUT2D eigenvalue weighted by Gasteiger charge is -2.37. The molecule has 0 saturated carbocycles. The summed E-state index contributed by atoms with van der Waals surface area (Å²) >= 11 is 3.43. The molecule has 2 fully saturated rings. The van der Waals surface area contributed by atoms with Gasteiger partial charge in [-0.25, -0.2) is 0 Å². The lowest BCUT2D eigenvalue weighted by Crippen LogP contribution is -2.50. The van der Waals surface area contributed by atoms with Crippen LogP contribution in [0.4, 0.5) is 0 Å². The van der Waals surface area contributed by atoms with Crippen LogP contribution in [0.15, 0.2) is 11.1 Å². The summed E-state index contributed by atoms with van der Waals surface area (Å²) in [5.41, 5.74) is 0. The van der Waals surface area contributed by atoms with Crippen LogP contribution in [0.25, 0.3) is 0 Å². The minimum Gasteiger partial charge on any atom is -0.298 e. The predicted molar refractivity (Wildman–Crippen MR) is 59.1 cm³/mol. The fourth-order valence-corrected chi connectivity index (χ4v) is 2.80. The minimum absolute atomic E-state index is 0.834. The van der Waals surface area contributed by atoms with Gasteiger partial charge in [0, 0.05) is 36.7 Å². The maximum atomic E-state index is 3.90. The zero-order valence-corrected chi connectivity index (χ0v) is 9.59. The SMILES string of the molecule is C=C(Br)CN1CCN2CCCC2C1. The zero-order valence-electron chi connectivity index (χ0n) is 8.01. The first-order chi connectivity index (χ1) is 6.25. The molecule has 0 aromatic heterocycles. The van der Waals surface area contributed by atoms with Crippen molar-refractivity contribution in [1.82, 2.24) is 9.80 Å². The van der Waals surface area contributed by atoms with Crippen LogP contribution in [0.5, 0.6) is 0 Å². The van der Waals surface area contributed by atoms with Crippen LogP contribution in [0.3, 0.4) is 0 Å². The number of hydrogen-bond donors (Lipinski definition) is 0. The molecule has 0 aromatic rings. The van der Waals surface area contributed by atoms with Gasteiger partial charge in [0.2, 0.25) is 0 Å². The first kappa shape index (κ1) is 9.69. The summed E-state index contributed by atoms with van der Waals surface area (Å²) in [6.45, 7) is 9.95. The molecule has 2 nitrogen and oxygen atoms in total. The van der Waals surface area contributed by atoms with Gasteiger partial charge in [0.25, 0.3) is 0 Å². The summed E-state index contributed by atoms with van der Waals surface area (Å²) < 4.78 is 1.11. The average Bonchev–Trinajstić information content (AvgIpc) is 2.49. The fraction of sp³-hybridized carbons (Fsp3) is 0.800. The van der Waals surface area contributed by atoms with Crippen LogP contribution < -0.4 is 0 Å². The van der Waals surface area contributed by atoms with Crippen molar-refractivity contribution in [3.05, 3.63) is 11.1 Å². The fourth-order valence-electron chi connectivity index (χ4n) is 2.44. The highest BCUT2D eigenvalue weighted by Crippen LogP contribution is 2.22. The van der Waals surface area contributed by atoms with Crippen LogP contribution in [-0.2, 0) is 0 Å². The molecule has 0 aromatic carbocycles. The maximum absolute atomic E-state index is 3.90. The smallest absolute Gasteiger partial charge is 0.0295 e. The van der Waals surface area contributed by atoms with Gasteiger partial charge in [-0.15, -0.1) is 0 Å². The molecular formula is C10H17BrN2. The van der Waals surface area contributed by atoms with Crippen LogP contribution in [0.1, 0.15) is 12.8 Å². The van der Waals surface area contributed by atoms with Crippen molar-refractivity contribution >= 4 is 15.9 Å². The second-order valence-corrected chi connectivity index (χ2v) is 5.21. The topological polar surface area (TPSA) is 6.48 Å². The van der Waals surface area contributed by atoms with Gasteiger partial charge in [-0.1, -0.05) is 22.5 Å². The summed E-state index contributed by atoms with van der Waals surface area (Å²) in [7, 11) is 0. The van der Waals surface area contributed by atoms with Gasteiger partial charge in [0.05, 0.1) is 0 Å². The summed E-state index contributed by atoms with van der Waals surface area (Å²) in [5.74, 6) is 0. The van der Waals surface area contributed by atoms with Crippen molar-refractivity contribution in [3.63, 3.8) is 0 Å². The number of nitrogens with zero attached hydrogens (tertiary/aromatic N) is 2. The number of fused-ring (bicyclic) bond motifs is 1. The summed E-state index contributed by atoms with van der Waals surface area (Å²) in [6.07, 6.45) is 2.79. The third-order valence-electron chi connectivity index (χ3n) is 3.07. The highest BCUT2D eigenvalue weighted by atomic mass is 79.9. The third kappa shape index (κ3) is 2.33. The molecule has 0 bridgehead atoms. The first-order valence-corrected chi connectivity index (χ1v) is 5.84. The minimum atomic E-state index is 0.834. The number of piperazine rings is 1. The Balaban J connectivity index is 1.86. The van der Waals surface area contributed by atoms with Crippen molar-refractivity contribution in [2.45, 2.75) is 18.9 Å². The van der Waals surface area contributed by atoms with Gasteiger partial charge in [-0.3, -0.25) is 9.80 Å². The standard InChI is InChI=1S/C10H17BrN2/c1-9(11)7-12-5-6-13-4-2-3-10(13)8-12/h10H,1-8H2. The van der Waals surface area contributed by atoms with Crippen molar-refractivity contribution in [1.29, 1.82) is 0 Å². The molecule has 0 radical (unpaired) electrons. The van der Waals surface area contributed by atoms with Gasteiger partial charge in [0.15, 0.2) is 0 Å². The normalized spacial score (nSPS) is 30.4. The Labute approximate surface area is 88.7 Å². The molecule has 1 unspecified atom stereocenters. The van der Waals surface area contributed by atoms with E-state index in [0.29, 0.717) is 0 Å². The number of hydrogen-bond acceptors (Lipinski definition) is 2. The Morgan fingerprint density at radius 1 is 1.38 bits per heavy atom. The number of halogens is 1. The molecule has 74 valence electrons. The van der Waals surface area contributed by atoms with E-state index in [2.05, 4.69) is 32.3 Å². The van der Waals surface area contributed by atoms with E-state index in [1.54, 1.807) is 0 Å². The van der Waals surface area contributed by atoms with Crippen LogP contribution in [-0.4, -0.2) is 48.6 Å². The van der Waals surface area contributed by atoms with Crippen LogP contribution in [0, 0.1) is 0 Å². The zero-order chi connectivity index (χ0) is 9.26. The molecule has 2 aliphatic heterocycles. The van der Waals surface area contributed by atoms with Crippen LogP contribution in [0.2, 0.25) is 0 Å². The molecule has 13 heavy (non-hydrogen) atoms. The van der Waals surface area contributed by atoms with Gasteiger partial charge >= 0.3 is 0 Å². The van der Waals surface area contributed by atoms with Crippen molar-refractivity contribution in [2.75, 3.05) is 32.7 Å². The summed E-state index contributed by atoms with van der Waals surface area (Å²) in [4.78, 5) is 5.14. The molecule has 2 saturated heterocycles. The Hall–Kier alpha value is 0.140. The molecule has 1 atom stereocenters. The van der Waals surface area contributed by atoms with E-state index in [1.807, 2.05) is 0 Å². The Morgan fingerprint density at radius 3 is 3.00 bits per heavy atom. The van der Waals surface area contributed by atoms with Crippen molar-refractivity contribution < 1.29 is 0 Å². The lowest BCUT2D eigenvalue weighted by atomic mass is 10.1. The Morgan fingerprint density at radius 2 is 2.23 bits per heavy atom. The van der Waals surface area contributed by atoms with Gasteiger partial charge in [-0.05, 0) is 19.4 Å². The van der Waals surface area contributed by atoms with E-state index in [-0.39, 0.29) is 0 Å². The first-order valence-electron chi connectivity index (χ1n) is 5.05. The van der Waals surface area contributed by atoms with E-state index in [1.165, 1.54) is 39.0 Å². The van der Waals surface area contributed by atoms with E-state index in [4.69, 9.17) is 0 Å². The molecule has 0 amide bonds. The van der Waals surface area contributed by atoms with E-state index < -0.39 is 0 Å². The quantitative estimate of drug-likeness (QED) is 0.730. The molecule has 0 N–H and O–H groups in total. The maximum Gasteiger partial charge on any atom is 0.0295 e. The molecule has 2 aliphatic rings. The summed E-state index contributed by atoms with van der Waals surface area (Å²) in [5, 5.41) is 0. The van der Waals surface area contributed by atoms with E-state index >= 15 is 0 Å². The van der Waals surface area contributed by atoms with Gasteiger partial charge in [0.1, 0.15) is 0 Å². The average molecular weight is 245 g/mol. The lowest BCUT2D eigenvalue weighted by molar-refractivity contribution is 0.113. The van der Waals surface area contributed by atoms with Crippen molar-refractivity contribution in [2.24, 2.45) is 0 Å². The summed E-state index contributed by atoms with van der Waals surface area (Å²) in [6, 6.07) is 0.834. The molecule has 3 heteroatoms. The molecule has 2 heterocycles. The Bertz CT molecular complexity index is 205. The number of rotatable bonds is 2. The molecule has 0 spiro atoms. The predicted octanol–water partition coefficient (Wildman–Crippen LogP) is 1.68. The molecule has 2 rings (SSSR count). The third-order valence-corrected chi connectivity index (χ3v) is 3.32. The molecule has 0 aliphatic carbocycles. The largest absolute Gasteiger partial charge is 0.298 e.